The minimum absolute atomic E-state index is 0.210. The van der Waals surface area contributed by atoms with E-state index in [1.165, 1.54) is 0 Å². The zero-order valence-corrected chi connectivity index (χ0v) is 18.3. The standard InChI is InChI=1S/C22H24N8O2/c1-13(2)29-14(3)25-19-10-24-17(9-20(19)29)8-16-6-7-23-21(26-16)18-12-28(11-15-4-5-15)27-22(18)30(31)32/h6-7,9-10,12-13,15H,4-5,8,11H2,1-3H3. The number of nitrogens with zero attached hydrogens (tertiary/aromatic N) is 8. The van der Waals surface area contributed by atoms with E-state index < -0.39 is 4.92 Å². The summed E-state index contributed by atoms with van der Waals surface area (Å²) < 4.78 is 3.83. The van der Waals surface area contributed by atoms with Gasteiger partial charge in [-0.15, -0.1) is 0 Å². The summed E-state index contributed by atoms with van der Waals surface area (Å²) in [7, 11) is 0. The summed E-state index contributed by atoms with van der Waals surface area (Å²) in [5.41, 5.74) is 3.83. The molecule has 0 aliphatic heterocycles. The van der Waals surface area contributed by atoms with E-state index in [1.807, 2.05) is 13.0 Å². The van der Waals surface area contributed by atoms with E-state index in [9.17, 15) is 10.1 Å². The SMILES string of the molecule is Cc1nc2cnc(Cc3ccnc(-c4cn(CC5CC5)nc4[N+](=O)[O-])n3)cc2n1C(C)C. The average molecular weight is 432 g/mol. The maximum absolute atomic E-state index is 11.6. The van der Waals surface area contributed by atoms with Gasteiger partial charge in [0.1, 0.15) is 16.9 Å². The Kier molecular flexibility index (Phi) is 4.91. The maximum atomic E-state index is 11.6. The van der Waals surface area contributed by atoms with Crippen LogP contribution in [-0.4, -0.2) is 39.2 Å². The van der Waals surface area contributed by atoms with E-state index in [-0.39, 0.29) is 11.9 Å². The van der Waals surface area contributed by atoms with Crippen LogP contribution in [0.5, 0.6) is 0 Å². The molecule has 1 aliphatic carbocycles. The highest BCUT2D eigenvalue weighted by atomic mass is 16.6. The highest BCUT2D eigenvalue weighted by molar-refractivity contribution is 5.75. The number of pyridine rings is 1. The van der Waals surface area contributed by atoms with Gasteiger partial charge < -0.3 is 14.7 Å². The van der Waals surface area contributed by atoms with Gasteiger partial charge in [0.15, 0.2) is 5.82 Å². The van der Waals surface area contributed by atoms with Crippen LogP contribution in [0.4, 0.5) is 5.82 Å². The monoisotopic (exact) mass is 432 g/mol. The first kappa shape index (κ1) is 20.2. The van der Waals surface area contributed by atoms with Crippen molar-refractivity contribution in [1.29, 1.82) is 0 Å². The summed E-state index contributed by atoms with van der Waals surface area (Å²) >= 11 is 0. The first-order chi connectivity index (χ1) is 15.4. The Morgan fingerprint density at radius 2 is 2.03 bits per heavy atom. The van der Waals surface area contributed by atoms with Crippen molar-refractivity contribution in [3.8, 4) is 11.4 Å². The Balaban J connectivity index is 1.47. The molecule has 1 fully saturated rings. The molecule has 1 saturated carbocycles. The number of aryl methyl sites for hydroxylation is 1. The summed E-state index contributed by atoms with van der Waals surface area (Å²) in [5, 5.41) is 15.7. The molecule has 32 heavy (non-hydrogen) atoms. The number of nitro groups is 1. The van der Waals surface area contributed by atoms with Crippen LogP contribution in [0.25, 0.3) is 22.4 Å². The molecule has 0 saturated heterocycles. The molecule has 4 aromatic heterocycles. The molecule has 10 heteroatoms. The van der Waals surface area contributed by atoms with Crippen LogP contribution in [0.15, 0.2) is 30.7 Å². The second-order valence-electron chi connectivity index (χ2n) is 8.62. The van der Waals surface area contributed by atoms with Crippen molar-refractivity contribution in [2.45, 2.75) is 52.6 Å². The van der Waals surface area contributed by atoms with Gasteiger partial charge in [0.2, 0.25) is 0 Å². The molecule has 0 aromatic carbocycles. The molecule has 0 amide bonds. The van der Waals surface area contributed by atoms with Crippen LogP contribution in [-0.2, 0) is 13.0 Å². The molecule has 4 aromatic rings. The molecular weight excluding hydrogens is 408 g/mol. The molecule has 0 unspecified atom stereocenters. The fourth-order valence-electron chi connectivity index (χ4n) is 4.08. The topological polar surface area (TPSA) is 117 Å². The maximum Gasteiger partial charge on any atom is 0.401 e. The molecule has 1 aliphatic rings. The predicted molar refractivity (Wildman–Crippen MR) is 118 cm³/mol. The second-order valence-corrected chi connectivity index (χ2v) is 8.62. The first-order valence-corrected chi connectivity index (χ1v) is 10.8. The Morgan fingerprint density at radius 3 is 2.75 bits per heavy atom. The summed E-state index contributed by atoms with van der Waals surface area (Å²) in [6.45, 7) is 6.93. The number of fused-ring (bicyclic) bond motifs is 1. The lowest BCUT2D eigenvalue weighted by Gasteiger charge is -2.11. The van der Waals surface area contributed by atoms with Gasteiger partial charge in [-0.1, -0.05) is 0 Å². The largest absolute Gasteiger partial charge is 0.401 e. The molecule has 4 heterocycles. The van der Waals surface area contributed by atoms with Gasteiger partial charge in [-0.25, -0.2) is 15.0 Å². The van der Waals surface area contributed by atoms with Crippen molar-refractivity contribution < 1.29 is 4.92 Å². The number of aromatic nitrogens is 7. The zero-order chi connectivity index (χ0) is 22.4. The highest BCUT2D eigenvalue weighted by Crippen LogP contribution is 2.32. The lowest BCUT2D eigenvalue weighted by molar-refractivity contribution is -0.389. The molecule has 0 spiro atoms. The Labute approximate surface area is 184 Å². The van der Waals surface area contributed by atoms with Gasteiger partial charge in [0.05, 0.1) is 35.2 Å². The lowest BCUT2D eigenvalue weighted by Crippen LogP contribution is -2.03. The summed E-state index contributed by atoms with van der Waals surface area (Å²) in [6, 6.07) is 4.13. The number of hydrogen-bond donors (Lipinski definition) is 0. The van der Waals surface area contributed by atoms with Gasteiger partial charge in [-0.3, -0.25) is 4.98 Å². The van der Waals surface area contributed by atoms with E-state index in [4.69, 9.17) is 0 Å². The third-order valence-corrected chi connectivity index (χ3v) is 5.70. The molecule has 0 N–H and O–H groups in total. The molecule has 0 atom stereocenters. The molecule has 0 bridgehead atoms. The number of imidazole rings is 1. The third-order valence-electron chi connectivity index (χ3n) is 5.70. The second kappa shape index (κ2) is 7.77. The van der Waals surface area contributed by atoms with E-state index in [2.05, 4.69) is 43.4 Å². The minimum Gasteiger partial charge on any atom is -0.358 e. The van der Waals surface area contributed by atoms with Gasteiger partial charge >= 0.3 is 5.82 Å². The summed E-state index contributed by atoms with van der Waals surface area (Å²) in [4.78, 5) is 29.1. The van der Waals surface area contributed by atoms with Crippen molar-refractivity contribution in [2.24, 2.45) is 5.92 Å². The van der Waals surface area contributed by atoms with Crippen LogP contribution >= 0.6 is 0 Å². The van der Waals surface area contributed by atoms with E-state index in [0.717, 1.165) is 41.1 Å². The van der Waals surface area contributed by atoms with E-state index in [0.29, 0.717) is 30.3 Å². The third kappa shape index (κ3) is 3.83. The lowest BCUT2D eigenvalue weighted by atomic mass is 10.2. The Hall–Kier alpha value is -3.69. The highest BCUT2D eigenvalue weighted by Gasteiger charge is 2.28. The van der Waals surface area contributed by atoms with Gasteiger partial charge in [0.25, 0.3) is 0 Å². The molecule has 164 valence electrons. The Morgan fingerprint density at radius 1 is 1.22 bits per heavy atom. The molecule has 0 radical (unpaired) electrons. The number of hydrogen-bond acceptors (Lipinski definition) is 7. The van der Waals surface area contributed by atoms with Gasteiger partial charge in [0, 0.05) is 24.4 Å². The first-order valence-electron chi connectivity index (χ1n) is 10.8. The van der Waals surface area contributed by atoms with Crippen molar-refractivity contribution in [2.75, 3.05) is 0 Å². The van der Waals surface area contributed by atoms with Crippen molar-refractivity contribution in [3.63, 3.8) is 0 Å². The smallest absolute Gasteiger partial charge is 0.358 e. The van der Waals surface area contributed by atoms with E-state index in [1.54, 1.807) is 29.3 Å². The van der Waals surface area contributed by atoms with Crippen molar-refractivity contribution in [1.82, 2.24) is 34.3 Å². The van der Waals surface area contributed by atoms with Gasteiger partial charge in [-0.2, -0.15) is 4.68 Å². The fraction of sp³-hybridized carbons (Fsp3) is 0.409. The number of rotatable bonds is 7. The zero-order valence-electron chi connectivity index (χ0n) is 18.3. The van der Waals surface area contributed by atoms with Crippen LogP contribution in [0.2, 0.25) is 0 Å². The average Bonchev–Trinajstić information content (AvgIpc) is 3.34. The van der Waals surface area contributed by atoms with Crippen LogP contribution in [0, 0.1) is 23.0 Å². The quantitative estimate of drug-likeness (QED) is 0.321. The predicted octanol–water partition coefficient (Wildman–Crippen LogP) is 3.88. The summed E-state index contributed by atoms with van der Waals surface area (Å²) in [6.07, 6.45) is 7.86. The molecule has 5 rings (SSSR count). The Bertz CT molecular complexity index is 1320. The van der Waals surface area contributed by atoms with Crippen molar-refractivity contribution in [3.05, 3.63) is 58.0 Å². The van der Waals surface area contributed by atoms with Crippen LogP contribution in [0.3, 0.4) is 0 Å². The molecular formula is C22H24N8O2. The van der Waals surface area contributed by atoms with E-state index >= 15 is 0 Å². The minimum atomic E-state index is -0.473. The van der Waals surface area contributed by atoms with Crippen LogP contribution in [0.1, 0.15) is 49.9 Å². The normalized spacial score (nSPS) is 13.9. The fourth-order valence-corrected chi connectivity index (χ4v) is 4.08. The van der Waals surface area contributed by atoms with Crippen molar-refractivity contribution >= 4 is 16.9 Å². The van der Waals surface area contributed by atoms with Crippen LogP contribution < -0.4 is 0 Å². The summed E-state index contributed by atoms with van der Waals surface area (Å²) in [5.74, 6) is 1.60. The van der Waals surface area contributed by atoms with Gasteiger partial charge in [-0.05, 0) is 56.6 Å². The molecule has 10 nitrogen and oxygen atoms in total.